The van der Waals surface area contributed by atoms with Gasteiger partial charge in [-0.05, 0) is 19.3 Å². The van der Waals surface area contributed by atoms with Crippen LogP contribution in [0.15, 0.2) is 0 Å². The largest absolute Gasteiger partial charge is 0.382 e. The fourth-order valence-corrected chi connectivity index (χ4v) is 5.03. The molecule has 3 heterocycles. The Labute approximate surface area is 185 Å². The Hall–Kier alpha value is -2.13. The van der Waals surface area contributed by atoms with Crippen LogP contribution in [-0.2, 0) is 4.79 Å². The molecule has 31 heavy (non-hydrogen) atoms. The lowest BCUT2D eigenvalue weighted by molar-refractivity contribution is -0.108. The van der Waals surface area contributed by atoms with Crippen LogP contribution in [-0.4, -0.2) is 84.1 Å². The summed E-state index contributed by atoms with van der Waals surface area (Å²) in [5, 5.41) is 6.44. The number of nitrogens with zero attached hydrogens (tertiary/aromatic N) is 5. The predicted molar refractivity (Wildman–Crippen MR) is 126 cm³/mol. The zero-order valence-corrected chi connectivity index (χ0v) is 18.9. The van der Waals surface area contributed by atoms with Gasteiger partial charge in [0.05, 0.1) is 0 Å². The molecule has 1 atom stereocenters. The maximum atomic E-state index is 11.7. The number of piperazine rings is 1. The lowest BCUT2D eigenvalue weighted by atomic mass is 9.94. The van der Waals surface area contributed by atoms with Crippen molar-refractivity contribution in [1.82, 2.24) is 19.8 Å². The Morgan fingerprint density at radius 3 is 2.61 bits per heavy atom. The van der Waals surface area contributed by atoms with Crippen molar-refractivity contribution >= 4 is 29.6 Å². The fraction of sp³-hybridized carbons (Fsp3) is 0.773. The van der Waals surface area contributed by atoms with Gasteiger partial charge in [0.1, 0.15) is 5.69 Å². The van der Waals surface area contributed by atoms with Crippen LogP contribution in [0.2, 0.25) is 0 Å². The minimum atomic E-state index is -0.444. The molecular formula is C22H38N8O. The number of nitrogens with two attached hydrogens (primary N) is 1. The lowest BCUT2D eigenvalue weighted by Gasteiger charge is -2.41. The molecule has 9 nitrogen and oxygen atoms in total. The highest BCUT2D eigenvalue weighted by Gasteiger charge is 2.33. The molecule has 0 radical (unpaired) electrons. The molecule has 172 valence electrons. The zero-order valence-electron chi connectivity index (χ0n) is 18.9. The van der Waals surface area contributed by atoms with Gasteiger partial charge in [-0.25, -0.2) is 0 Å². The maximum absolute atomic E-state index is 11.7. The van der Waals surface area contributed by atoms with E-state index in [2.05, 4.69) is 37.3 Å². The fourth-order valence-electron chi connectivity index (χ4n) is 5.03. The third-order valence-electron chi connectivity index (χ3n) is 6.92. The standard InChI is InChI=1S/C22H38N8O/c1-2-3-9-24-22-26-20(23)19-21(27-22)30(18(16-31)25-19)15-12-28-10-13-29(14-11-28)17-7-5-4-6-8-17/h16-18,25H,2-15H2,1H3,(H3,23,24,26,27). The van der Waals surface area contributed by atoms with Crippen LogP contribution in [0.4, 0.5) is 23.3 Å². The molecule has 1 unspecified atom stereocenters. The Balaban J connectivity index is 1.34. The van der Waals surface area contributed by atoms with Crippen molar-refractivity contribution in [2.24, 2.45) is 0 Å². The number of hydrogen-bond donors (Lipinski definition) is 3. The Bertz CT molecular complexity index is 730. The van der Waals surface area contributed by atoms with Gasteiger partial charge in [-0.1, -0.05) is 32.6 Å². The SMILES string of the molecule is CCCCNc1nc(N)c2c(n1)N(CCN1CCN(C3CCCCC3)CC1)C(C=O)N2. The van der Waals surface area contributed by atoms with Gasteiger partial charge < -0.3 is 21.3 Å². The first-order valence-electron chi connectivity index (χ1n) is 12.1. The molecule has 2 fully saturated rings. The van der Waals surface area contributed by atoms with Gasteiger partial charge in [0.2, 0.25) is 5.95 Å². The third-order valence-corrected chi connectivity index (χ3v) is 6.92. The van der Waals surface area contributed by atoms with Crippen molar-refractivity contribution in [1.29, 1.82) is 0 Å². The predicted octanol–water partition coefficient (Wildman–Crippen LogP) is 1.98. The maximum Gasteiger partial charge on any atom is 0.226 e. The molecule has 1 aromatic rings. The van der Waals surface area contributed by atoms with Crippen LogP contribution in [0.1, 0.15) is 51.9 Å². The molecule has 1 saturated carbocycles. The molecule has 3 aliphatic rings. The van der Waals surface area contributed by atoms with Gasteiger partial charge in [-0.3, -0.25) is 14.6 Å². The van der Waals surface area contributed by atoms with Crippen LogP contribution in [0.5, 0.6) is 0 Å². The summed E-state index contributed by atoms with van der Waals surface area (Å²) in [6, 6.07) is 0.795. The first-order valence-corrected chi connectivity index (χ1v) is 12.1. The number of anilines is 4. The molecule has 0 aromatic carbocycles. The van der Waals surface area contributed by atoms with Crippen LogP contribution in [0.3, 0.4) is 0 Å². The Kier molecular flexibility index (Phi) is 7.45. The van der Waals surface area contributed by atoms with Crippen molar-refractivity contribution in [3.63, 3.8) is 0 Å². The smallest absolute Gasteiger partial charge is 0.226 e. The number of aldehydes is 1. The molecule has 1 saturated heterocycles. The molecule has 2 aliphatic heterocycles. The molecular weight excluding hydrogens is 392 g/mol. The summed E-state index contributed by atoms with van der Waals surface area (Å²) in [5.74, 6) is 1.65. The topological polar surface area (TPSA) is 103 Å². The van der Waals surface area contributed by atoms with E-state index in [4.69, 9.17) is 5.73 Å². The summed E-state index contributed by atoms with van der Waals surface area (Å²) in [4.78, 5) is 28.0. The van der Waals surface area contributed by atoms with E-state index in [9.17, 15) is 4.79 Å². The van der Waals surface area contributed by atoms with E-state index in [1.807, 2.05) is 4.90 Å². The van der Waals surface area contributed by atoms with Crippen LogP contribution >= 0.6 is 0 Å². The summed E-state index contributed by atoms with van der Waals surface area (Å²) in [5.41, 5.74) is 6.84. The molecule has 0 spiro atoms. The quantitative estimate of drug-likeness (QED) is 0.401. The van der Waals surface area contributed by atoms with Gasteiger partial charge in [0, 0.05) is 51.9 Å². The van der Waals surface area contributed by atoms with Crippen molar-refractivity contribution in [2.45, 2.75) is 64.1 Å². The Morgan fingerprint density at radius 2 is 1.90 bits per heavy atom. The van der Waals surface area contributed by atoms with Gasteiger partial charge in [-0.2, -0.15) is 9.97 Å². The summed E-state index contributed by atoms with van der Waals surface area (Å²) >= 11 is 0. The van der Waals surface area contributed by atoms with E-state index in [1.54, 1.807) is 0 Å². The first kappa shape index (κ1) is 22.1. The summed E-state index contributed by atoms with van der Waals surface area (Å²) in [6.07, 6.45) is 9.55. The highest BCUT2D eigenvalue weighted by atomic mass is 16.1. The van der Waals surface area contributed by atoms with Crippen molar-refractivity contribution in [3.8, 4) is 0 Å². The van der Waals surface area contributed by atoms with Crippen molar-refractivity contribution in [3.05, 3.63) is 0 Å². The molecule has 1 aliphatic carbocycles. The van der Waals surface area contributed by atoms with E-state index in [1.165, 1.54) is 32.1 Å². The van der Waals surface area contributed by atoms with Crippen molar-refractivity contribution in [2.75, 3.05) is 67.1 Å². The third kappa shape index (κ3) is 5.20. The van der Waals surface area contributed by atoms with Crippen molar-refractivity contribution < 1.29 is 4.79 Å². The summed E-state index contributed by atoms with van der Waals surface area (Å²) in [7, 11) is 0. The minimum absolute atomic E-state index is 0.388. The number of carbonyl (C=O) groups excluding carboxylic acids is 1. The molecule has 0 amide bonds. The molecule has 4 N–H and O–H groups in total. The van der Waals surface area contributed by atoms with Gasteiger partial charge in [0.25, 0.3) is 0 Å². The lowest BCUT2D eigenvalue weighted by Crippen LogP contribution is -2.52. The van der Waals surface area contributed by atoms with Crippen LogP contribution in [0.25, 0.3) is 0 Å². The number of aromatic nitrogens is 2. The number of hydrogen-bond acceptors (Lipinski definition) is 9. The van der Waals surface area contributed by atoms with E-state index >= 15 is 0 Å². The number of rotatable bonds is 9. The van der Waals surface area contributed by atoms with Crippen LogP contribution in [0, 0.1) is 0 Å². The number of nitrogen functional groups attached to an aromatic ring is 1. The molecule has 4 rings (SSSR count). The van der Waals surface area contributed by atoms with Gasteiger partial charge in [0.15, 0.2) is 24.1 Å². The molecule has 1 aromatic heterocycles. The average molecular weight is 431 g/mol. The normalized spacial score (nSPS) is 22.9. The number of carbonyl (C=O) groups is 1. The monoisotopic (exact) mass is 430 g/mol. The Morgan fingerprint density at radius 1 is 1.13 bits per heavy atom. The van der Waals surface area contributed by atoms with E-state index in [0.29, 0.717) is 17.5 Å². The molecule has 9 heteroatoms. The first-order chi connectivity index (χ1) is 15.2. The number of nitrogens with one attached hydrogen (secondary N) is 2. The number of unbranched alkanes of at least 4 members (excludes halogenated alkanes) is 1. The molecule has 0 bridgehead atoms. The second-order valence-corrected chi connectivity index (χ2v) is 9.00. The van der Waals surface area contributed by atoms with E-state index in [0.717, 1.165) is 76.8 Å². The highest BCUT2D eigenvalue weighted by molar-refractivity contribution is 5.88. The zero-order chi connectivity index (χ0) is 21.6. The van der Waals surface area contributed by atoms with Gasteiger partial charge in [-0.15, -0.1) is 0 Å². The van der Waals surface area contributed by atoms with E-state index < -0.39 is 6.17 Å². The summed E-state index contributed by atoms with van der Waals surface area (Å²) in [6.45, 7) is 9.08. The minimum Gasteiger partial charge on any atom is -0.382 e. The van der Waals surface area contributed by atoms with Gasteiger partial charge >= 0.3 is 0 Å². The number of fused-ring (bicyclic) bond motifs is 1. The van der Waals surface area contributed by atoms with E-state index in [-0.39, 0.29) is 0 Å². The van der Waals surface area contributed by atoms with Crippen LogP contribution < -0.4 is 21.3 Å². The highest BCUT2D eigenvalue weighted by Crippen LogP contribution is 2.36. The summed E-state index contributed by atoms with van der Waals surface area (Å²) < 4.78 is 0. The second-order valence-electron chi connectivity index (χ2n) is 9.00. The second kappa shape index (κ2) is 10.5. The average Bonchev–Trinajstić information content (AvgIpc) is 3.17.